The lowest BCUT2D eigenvalue weighted by molar-refractivity contribution is -0.121. The first-order chi connectivity index (χ1) is 19.3. The van der Waals surface area contributed by atoms with Gasteiger partial charge < -0.3 is 10.1 Å². The number of sulfonamides is 1. The molecule has 9 nitrogen and oxygen atoms in total. The van der Waals surface area contributed by atoms with E-state index in [0.717, 1.165) is 50.3 Å². The molecule has 1 aromatic carbocycles. The van der Waals surface area contributed by atoms with Gasteiger partial charge in [-0.3, -0.25) is 9.59 Å². The number of ether oxygens (including phenoxy) is 1. The number of carbonyl (C=O) groups excluding carboxylic acids is 3. The number of amides is 2. The van der Waals surface area contributed by atoms with E-state index >= 15 is 0 Å². The van der Waals surface area contributed by atoms with Gasteiger partial charge in [-0.05, 0) is 74.3 Å². The van der Waals surface area contributed by atoms with Crippen LogP contribution in [0.25, 0.3) is 0 Å². The zero-order valence-corrected chi connectivity index (χ0v) is 23.7. The molecule has 2 fully saturated rings. The Morgan fingerprint density at radius 1 is 0.875 bits per heavy atom. The molecule has 1 aromatic heterocycles. The smallest absolute Gasteiger partial charge is 0.357 e. The number of hydrogen-bond donors (Lipinski definition) is 2. The summed E-state index contributed by atoms with van der Waals surface area (Å²) in [7, 11) is -4.11. The fourth-order valence-electron chi connectivity index (χ4n) is 5.36. The summed E-state index contributed by atoms with van der Waals surface area (Å²) in [6.07, 6.45) is 14.3. The van der Waals surface area contributed by atoms with Crippen LogP contribution in [0.1, 0.15) is 103 Å². The molecule has 2 amide bonds. The van der Waals surface area contributed by atoms with Gasteiger partial charge in [-0.15, -0.1) is 0 Å². The van der Waals surface area contributed by atoms with Crippen molar-refractivity contribution in [2.24, 2.45) is 5.92 Å². The van der Waals surface area contributed by atoms with Crippen LogP contribution in [0.5, 0.6) is 0 Å². The van der Waals surface area contributed by atoms with Crippen molar-refractivity contribution in [1.29, 1.82) is 0 Å². The van der Waals surface area contributed by atoms with Gasteiger partial charge in [-0.2, -0.15) is 0 Å². The first-order valence-electron chi connectivity index (χ1n) is 14.4. The van der Waals surface area contributed by atoms with E-state index in [1.165, 1.54) is 56.4 Å². The van der Waals surface area contributed by atoms with Gasteiger partial charge in [0.25, 0.3) is 15.9 Å². The number of nitrogens with one attached hydrogen (secondary N) is 2. The Balaban J connectivity index is 1.22. The third-order valence-electron chi connectivity index (χ3n) is 7.76. The molecule has 0 radical (unpaired) electrons. The van der Waals surface area contributed by atoms with E-state index in [1.807, 2.05) is 4.72 Å². The number of benzene rings is 1. The maximum Gasteiger partial charge on any atom is 0.357 e. The van der Waals surface area contributed by atoms with Crippen LogP contribution in [0.2, 0.25) is 0 Å². The topological polar surface area (TPSA) is 132 Å². The lowest BCUT2D eigenvalue weighted by Gasteiger charge is -2.21. The van der Waals surface area contributed by atoms with Crippen molar-refractivity contribution in [2.75, 3.05) is 6.54 Å². The van der Waals surface area contributed by atoms with E-state index in [2.05, 4.69) is 10.3 Å². The highest BCUT2D eigenvalue weighted by Gasteiger charge is 2.22. The van der Waals surface area contributed by atoms with Gasteiger partial charge in [0.2, 0.25) is 5.91 Å². The largest absolute Gasteiger partial charge is 0.458 e. The zero-order valence-electron chi connectivity index (χ0n) is 22.9. The van der Waals surface area contributed by atoms with Crippen LogP contribution in [0.15, 0.2) is 47.5 Å². The summed E-state index contributed by atoms with van der Waals surface area (Å²) in [5.74, 6) is -0.679. The van der Waals surface area contributed by atoms with Gasteiger partial charge in [-0.1, -0.05) is 50.7 Å². The van der Waals surface area contributed by atoms with Gasteiger partial charge in [-0.25, -0.2) is 22.9 Å². The van der Waals surface area contributed by atoms with Gasteiger partial charge in [0, 0.05) is 19.2 Å². The van der Waals surface area contributed by atoms with Crippen molar-refractivity contribution in [3.05, 3.63) is 59.4 Å². The van der Waals surface area contributed by atoms with Crippen molar-refractivity contribution >= 4 is 27.8 Å². The summed E-state index contributed by atoms with van der Waals surface area (Å²) >= 11 is 0. The predicted molar refractivity (Wildman–Crippen MR) is 150 cm³/mol. The summed E-state index contributed by atoms with van der Waals surface area (Å²) in [5.41, 5.74) is 0.951. The van der Waals surface area contributed by atoms with Crippen LogP contribution in [-0.2, 0) is 26.0 Å². The first-order valence-corrected chi connectivity index (χ1v) is 15.9. The van der Waals surface area contributed by atoms with Gasteiger partial charge in [0.05, 0.1) is 10.5 Å². The van der Waals surface area contributed by atoms with Gasteiger partial charge >= 0.3 is 5.97 Å². The quantitative estimate of drug-likeness (QED) is 0.375. The predicted octanol–water partition coefficient (Wildman–Crippen LogP) is 4.71. The third kappa shape index (κ3) is 8.87. The molecule has 2 saturated carbocycles. The van der Waals surface area contributed by atoms with Gasteiger partial charge in [0.15, 0.2) is 0 Å². The van der Waals surface area contributed by atoms with Crippen LogP contribution >= 0.6 is 0 Å². The summed E-state index contributed by atoms with van der Waals surface area (Å²) in [4.78, 5) is 41.0. The normalized spacial score (nSPS) is 16.7. The molecular weight excluding hydrogens is 530 g/mol. The molecule has 4 rings (SSSR count). The zero-order chi connectivity index (χ0) is 28.4. The summed E-state index contributed by atoms with van der Waals surface area (Å²) in [6, 6.07) is 8.90. The lowest BCUT2D eigenvalue weighted by atomic mass is 9.86. The Kier molecular flexibility index (Phi) is 10.7. The molecule has 2 N–H and O–H groups in total. The first kappa shape index (κ1) is 29.7. The Morgan fingerprint density at radius 2 is 1.55 bits per heavy atom. The van der Waals surface area contributed by atoms with E-state index in [1.54, 1.807) is 12.1 Å². The number of esters is 1. The molecule has 0 bridgehead atoms. The summed E-state index contributed by atoms with van der Waals surface area (Å²) < 4.78 is 33.0. The van der Waals surface area contributed by atoms with Crippen molar-refractivity contribution in [1.82, 2.24) is 15.0 Å². The molecular formula is C30H39N3O6S. The SMILES string of the molecule is O=C(CCC1CCCCC1)NCCc1ccc(S(=O)(=O)NC(=O)c2ccc(C(=O)OC3CCCCC3)nc2)cc1. The fraction of sp³-hybridized carbons (Fsp3) is 0.533. The average molecular weight is 570 g/mol. The molecule has 1 heterocycles. The number of aromatic nitrogens is 1. The average Bonchev–Trinajstić information content (AvgIpc) is 2.97. The fourth-order valence-corrected chi connectivity index (χ4v) is 6.34. The Labute approximate surface area is 236 Å². The van der Waals surface area contributed by atoms with Crippen molar-refractivity contribution < 1.29 is 27.5 Å². The third-order valence-corrected chi connectivity index (χ3v) is 9.11. The molecule has 0 unspecified atom stereocenters. The molecule has 40 heavy (non-hydrogen) atoms. The van der Waals surface area contributed by atoms with E-state index in [9.17, 15) is 22.8 Å². The number of carbonyl (C=O) groups is 3. The number of pyridine rings is 1. The molecule has 2 aliphatic rings. The van der Waals surface area contributed by atoms with E-state index in [-0.39, 0.29) is 28.2 Å². The van der Waals surface area contributed by atoms with Crippen molar-refractivity contribution in [3.63, 3.8) is 0 Å². The highest BCUT2D eigenvalue weighted by Crippen LogP contribution is 2.27. The second-order valence-corrected chi connectivity index (χ2v) is 12.5. The van der Waals surface area contributed by atoms with E-state index in [0.29, 0.717) is 25.3 Å². The minimum Gasteiger partial charge on any atom is -0.458 e. The molecule has 2 aliphatic carbocycles. The lowest BCUT2D eigenvalue weighted by Crippen LogP contribution is -2.30. The Bertz CT molecular complexity index is 1250. The maximum absolute atomic E-state index is 12.7. The summed E-state index contributed by atoms with van der Waals surface area (Å²) in [5, 5.41) is 2.94. The Hall–Kier alpha value is -3.27. The van der Waals surface area contributed by atoms with E-state index < -0.39 is 21.9 Å². The maximum atomic E-state index is 12.7. The molecule has 0 atom stereocenters. The minimum absolute atomic E-state index is 0.00800. The molecule has 0 aliphatic heterocycles. The highest BCUT2D eigenvalue weighted by atomic mass is 32.2. The highest BCUT2D eigenvalue weighted by molar-refractivity contribution is 7.90. The van der Waals surface area contributed by atoms with Crippen molar-refractivity contribution in [2.45, 2.75) is 94.5 Å². The van der Waals surface area contributed by atoms with Crippen LogP contribution in [0.3, 0.4) is 0 Å². The van der Waals surface area contributed by atoms with E-state index in [4.69, 9.17) is 4.74 Å². The number of rotatable bonds is 11. The number of nitrogens with zero attached hydrogens (tertiary/aromatic N) is 1. The van der Waals surface area contributed by atoms with Crippen LogP contribution in [0.4, 0.5) is 0 Å². The molecule has 216 valence electrons. The Morgan fingerprint density at radius 3 is 2.20 bits per heavy atom. The van der Waals surface area contributed by atoms with Gasteiger partial charge in [0.1, 0.15) is 11.8 Å². The van der Waals surface area contributed by atoms with Crippen LogP contribution in [0, 0.1) is 5.92 Å². The number of hydrogen-bond acceptors (Lipinski definition) is 7. The van der Waals surface area contributed by atoms with Crippen LogP contribution in [-0.4, -0.2) is 43.8 Å². The van der Waals surface area contributed by atoms with Crippen molar-refractivity contribution in [3.8, 4) is 0 Å². The molecule has 2 aromatic rings. The second-order valence-electron chi connectivity index (χ2n) is 10.8. The molecule has 0 spiro atoms. The minimum atomic E-state index is -4.11. The monoisotopic (exact) mass is 569 g/mol. The van der Waals surface area contributed by atoms with Crippen LogP contribution < -0.4 is 10.0 Å². The standard InChI is InChI=1S/C30H39N3O6S/c34-28(18-13-22-7-3-1-4-8-22)31-20-19-23-11-15-26(16-12-23)40(37,38)33-29(35)24-14-17-27(32-21-24)30(36)39-25-9-5-2-6-10-25/h11-12,14-17,21-22,25H,1-10,13,18-20H2,(H,31,34)(H,33,35). The second kappa shape index (κ2) is 14.4. The molecule has 0 saturated heterocycles. The summed E-state index contributed by atoms with van der Waals surface area (Å²) in [6.45, 7) is 0.476. The molecule has 10 heteroatoms.